The Morgan fingerprint density at radius 2 is 1.72 bits per heavy atom. The van der Waals surface area contributed by atoms with Gasteiger partial charge in [-0.3, -0.25) is 4.79 Å². The summed E-state index contributed by atoms with van der Waals surface area (Å²) in [5, 5.41) is 11.0. The van der Waals surface area contributed by atoms with Crippen molar-refractivity contribution in [3.05, 3.63) is 70.6 Å². The first-order valence-electron chi connectivity index (χ1n) is 7.24. The van der Waals surface area contributed by atoms with Gasteiger partial charge in [-0.2, -0.15) is 0 Å². The summed E-state index contributed by atoms with van der Waals surface area (Å²) in [6.07, 6.45) is 0. The Balaban J connectivity index is 0.00000225. The minimum absolute atomic E-state index is 0. The van der Waals surface area contributed by atoms with Crippen molar-refractivity contribution in [1.82, 2.24) is 0 Å². The van der Waals surface area contributed by atoms with Crippen LogP contribution < -0.4 is 49.6 Å². The molecule has 6 nitrogen and oxygen atoms in total. The summed E-state index contributed by atoms with van der Waals surface area (Å²) in [6.45, 7) is 0.512. The van der Waals surface area contributed by atoms with E-state index in [4.69, 9.17) is 13.9 Å². The van der Waals surface area contributed by atoms with Gasteiger partial charge in [-0.25, -0.2) is 0 Å². The van der Waals surface area contributed by atoms with Gasteiger partial charge in [-0.15, -0.1) is 0 Å². The number of carbonyl (C=O) groups is 1. The van der Waals surface area contributed by atoms with E-state index in [2.05, 4.69) is 0 Å². The van der Waals surface area contributed by atoms with E-state index in [9.17, 15) is 14.7 Å². The van der Waals surface area contributed by atoms with E-state index in [1.165, 1.54) is 6.07 Å². The molecule has 0 atom stereocenters. The standard InChI is InChI=1S/C18H14O6.Na/c19-13-11-16(18(20)21)24-15-8-4-7-14(17(13)15)23-10-9-22-12-5-2-1-3-6-12;/h1-8,11H,9-10H2,(H,20,21);/q;+1/p-1. The molecule has 0 radical (unpaired) electrons. The van der Waals surface area contributed by atoms with E-state index in [0.29, 0.717) is 12.4 Å². The minimum atomic E-state index is -1.54. The molecule has 0 bridgehead atoms. The second kappa shape index (κ2) is 8.71. The molecule has 0 fully saturated rings. The van der Waals surface area contributed by atoms with Gasteiger partial charge in [0.25, 0.3) is 0 Å². The first-order chi connectivity index (χ1) is 11.6. The molecule has 7 heteroatoms. The van der Waals surface area contributed by atoms with Gasteiger partial charge in [0.15, 0.2) is 11.2 Å². The monoisotopic (exact) mass is 348 g/mol. The van der Waals surface area contributed by atoms with Crippen molar-refractivity contribution < 1.29 is 53.3 Å². The van der Waals surface area contributed by atoms with Crippen LogP contribution in [0.3, 0.4) is 0 Å². The van der Waals surface area contributed by atoms with Crippen molar-refractivity contribution in [2.24, 2.45) is 0 Å². The maximum atomic E-state index is 12.1. The van der Waals surface area contributed by atoms with Gasteiger partial charge in [0.05, 0.1) is 0 Å². The van der Waals surface area contributed by atoms with E-state index in [0.717, 1.165) is 11.8 Å². The van der Waals surface area contributed by atoms with Crippen LogP contribution in [0.4, 0.5) is 0 Å². The first kappa shape index (κ1) is 19.1. The van der Waals surface area contributed by atoms with Gasteiger partial charge in [-0.1, -0.05) is 24.3 Å². The van der Waals surface area contributed by atoms with Crippen LogP contribution in [0.25, 0.3) is 11.0 Å². The second-order valence-corrected chi connectivity index (χ2v) is 4.90. The molecular formula is C18H13NaO6. The summed E-state index contributed by atoms with van der Waals surface area (Å²) < 4.78 is 16.2. The van der Waals surface area contributed by atoms with Crippen molar-refractivity contribution >= 4 is 16.9 Å². The topological polar surface area (TPSA) is 88.8 Å². The zero-order valence-electron chi connectivity index (χ0n) is 13.6. The van der Waals surface area contributed by atoms with Gasteiger partial charge in [0, 0.05) is 6.07 Å². The van der Waals surface area contributed by atoms with Crippen molar-refractivity contribution in [2.75, 3.05) is 13.2 Å². The number of ether oxygens (including phenoxy) is 2. The summed E-state index contributed by atoms with van der Waals surface area (Å²) in [7, 11) is 0. The molecule has 1 heterocycles. The smallest absolute Gasteiger partial charge is 0.542 e. The Hall–Kier alpha value is -2.28. The third kappa shape index (κ3) is 4.63. The zero-order chi connectivity index (χ0) is 16.9. The van der Waals surface area contributed by atoms with Crippen LogP contribution in [0.15, 0.2) is 63.8 Å². The normalized spacial score (nSPS) is 10.1. The molecule has 0 amide bonds. The molecule has 0 saturated heterocycles. The summed E-state index contributed by atoms with van der Waals surface area (Å²) in [4.78, 5) is 23.0. The summed E-state index contributed by atoms with van der Waals surface area (Å²) in [5.41, 5.74) is -0.377. The van der Waals surface area contributed by atoms with Crippen molar-refractivity contribution in [1.29, 1.82) is 0 Å². The van der Waals surface area contributed by atoms with Crippen LogP contribution >= 0.6 is 0 Å². The van der Waals surface area contributed by atoms with E-state index >= 15 is 0 Å². The molecule has 0 unspecified atom stereocenters. The molecule has 25 heavy (non-hydrogen) atoms. The van der Waals surface area contributed by atoms with E-state index in [-0.39, 0.29) is 47.1 Å². The number of carboxylic acids is 1. The Morgan fingerprint density at radius 1 is 1.00 bits per heavy atom. The predicted octanol–water partition coefficient (Wildman–Crippen LogP) is -1.38. The van der Waals surface area contributed by atoms with Gasteiger partial charge in [-0.05, 0) is 24.3 Å². The molecule has 2 aromatic carbocycles. The van der Waals surface area contributed by atoms with Crippen molar-refractivity contribution in [3.63, 3.8) is 0 Å². The Labute approximate surface area is 165 Å². The third-order valence-corrected chi connectivity index (χ3v) is 3.27. The minimum Gasteiger partial charge on any atom is -0.542 e. The van der Waals surface area contributed by atoms with Crippen LogP contribution in [0, 0.1) is 0 Å². The molecule has 0 spiro atoms. The quantitative estimate of drug-likeness (QED) is 0.403. The molecule has 0 saturated carbocycles. The Kier molecular flexibility index (Phi) is 6.64. The van der Waals surface area contributed by atoms with Gasteiger partial charge >= 0.3 is 29.6 Å². The number of hydrogen-bond acceptors (Lipinski definition) is 6. The third-order valence-electron chi connectivity index (χ3n) is 3.27. The van der Waals surface area contributed by atoms with Crippen LogP contribution in [0.2, 0.25) is 0 Å². The van der Waals surface area contributed by atoms with Crippen molar-refractivity contribution in [2.45, 2.75) is 0 Å². The number of carbonyl (C=O) groups excluding carboxylic acids is 1. The van der Waals surface area contributed by atoms with Crippen LogP contribution in [0.1, 0.15) is 10.6 Å². The van der Waals surface area contributed by atoms with E-state index in [1.807, 2.05) is 30.3 Å². The largest absolute Gasteiger partial charge is 1.00 e. The molecule has 0 N–H and O–H groups in total. The molecule has 1 aromatic heterocycles. The Morgan fingerprint density at radius 3 is 2.44 bits per heavy atom. The Bertz CT molecular complexity index is 920. The average Bonchev–Trinajstić information content (AvgIpc) is 2.59. The molecule has 3 rings (SSSR count). The maximum Gasteiger partial charge on any atom is 1.00 e. The summed E-state index contributed by atoms with van der Waals surface area (Å²) in [6, 6.07) is 14.9. The molecule has 0 aliphatic rings. The van der Waals surface area contributed by atoms with Crippen LogP contribution in [0.5, 0.6) is 11.5 Å². The summed E-state index contributed by atoms with van der Waals surface area (Å²) >= 11 is 0. The number of aromatic carboxylic acids is 1. The molecular weight excluding hydrogens is 335 g/mol. The predicted molar refractivity (Wildman–Crippen MR) is 84.2 cm³/mol. The molecule has 3 aromatic rings. The zero-order valence-corrected chi connectivity index (χ0v) is 15.6. The first-order valence-corrected chi connectivity index (χ1v) is 7.24. The maximum absolute atomic E-state index is 12.1. The molecule has 122 valence electrons. The number of carboxylic acid groups (broad SMARTS) is 1. The van der Waals surface area contributed by atoms with E-state index in [1.54, 1.807) is 12.1 Å². The van der Waals surface area contributed by atoms with Crippen LogP contribution in [-0.2, 0) is 0 Å². The number of rotatable bonds is 6. The van der Waals surface area contributed by atoms with Gasteiger partial charge < -0.3 is 23.8 Å². The number of fused-ring (bicyclic) bond motifs is 1. The number of hydrogen-bond donors (Lipinski definition) is 0. The summed E-state index contributed by atoms with van der Waals surface area (Å²) in [5.74, 6) is -1.03. The fourth-order valence-corrected chi connectivity index (χ4v) is 2.23. The molecule has 0 aliphatic heterocycles. The number of benzene rings is 2. The average molecular weight is 348 g/mol. The van der Waals surface area contributed by atoms with Crippen LogP contribution in [-0.4, -0.2) is 19.2 Å². The SMILES string of the molecule is O=C([O-])c1cc(=O)c2c(OCCOc3ccccc3)cccc2o1.[Na+]. The second-order valence-electron chi connectivity index (χ2n) is 4.90. The fraction of sp³-hybridized carbons (Fsp3) is 0.111. The van der Waals surface area contributed by atoms with Gasteiger partial charge in [0.1, 0.15) is 41.7 Å². The molecule has 0 aliphatic carbocycles. The van der Waals surface area contributed by atoms with E-state index < -0.39 is 17.2 Å². The fourth-order valence-electron chi connectivity index (χ4n) is 2.23. The van der Waals surface area contributed by atoms with Crippen molar-refractivity contribution in [3.8, 4) is 11.5 Å². The van der Waals surface area contributed by atoms with Gasteiger partial charge in [0.2, 0.25) is 0 Å². The number of para-hydroxylation sites is 1.